The second kappa shape index (κ2) is 6.16. The molecule has 0 saturated heterocycles. The van der Waals surface area contributed by atoms with Gasteiger partial charge in [-0.3, -0.25) is 9.88 Å². The van der Waals surface area contributed by atoms with Gasteiger partial charge in [0.25, 0.3) is 0 Å². The number of aliphatic hydroxyl groups is 1. The standard InChI is InChI=1S/C17H22N2O/c1-17(2,19(3)10-11-20)16-8-4-6-14(12-16)15-7-5-9-18-13-15/h4-9,12-13,20H,10-11H2,1-3H3. The van der Waals surface area contributed by atoms with E-state index in [9.17, 15) is 0 Å². The van der Waals surface area contributed by atoms with Crippen LogP contribution in [0, 0.1) is 0 Å². The molecule has 0 aliphatic carbocycles. The Labute approximate surface area is 120 Å². The van der Waals surface area contributed by atoms with E-state index in [0.717, 1.165) is 5.56 Å². The number of nitrogens with zero attached hydrogens (tertiary/aromatic N) is 2. The molecule has 0 aliphatic heterocycles. The van der Waals surface area contributed by atoms with Crippen molar-refractivity contribution in [3.63, 3.8) is 0 Å². The molecule has 2 aromatic rings. The van der Waals surface area contributed by atoms with Gasteiger partial charge in [0, 0.05) is 24.5 Å². The molecule has 0 radical (unpaired) electrons. The van der Waals surface area contributed by atoms with Crippen LogP contribution < -0.4 is 0 Å². The first-order valence-corrected chi connectivity index (χ1v) is 6.89. The molecule has 1 heterocycles. The maximum Gasteiger partial charge on any atom is 0.0558 e. The average molecular weight is 270 g/mol. The molecule has 0 unspecified atom stereocenters. The Balaban J connectivity index is 2.35. The summed E-state index contributed by atoms with van der Waals surface area (Å²) in [5, 5.41) is 9.13. The topological polar surface area (TPSA) is 36.4 Å². The summed E-state index contributed by atoms with van der Waals surface area (Å²) in [5.41, 5.74) is 3.40. The van der Waals surface area contributed by atoms with E-state index in [2.05, 4.69) is 54.1 Å². The Morgan fingerprint density at radius 1 is 1.15 bits per heavy atom. The minimum Gasteiger partial charge on any atom is -0.395 e. The zero-order valence-electron chi connectivity index (χ0n) is 12.4. The van der Waals surface area contributed by atoms with Crippen molar-refractivity contribution < 1.29 is 5.11 Å². The molecule has 0 atom stereocenters. The van der Waals surface area contributed by atoms with E-state index in [1.807, 2.05) is 19.3 Å². The molecule has 3 nitrogen and oxygen atoms in total. The molecular weight excluding hydrogens is 248 g/mol. The van der Waals surface area contributed by atoms with Gasteiger partial charge in [0.05, 0.1) is 6.61 Å². The van der Waals surface area contributed by atoms with Gasteiger partial charge in [0.15, 0.2) is 0 Å². The van der Waals surface area contributed by atoms with Crippen LogP contribution in [0.1, 0.15) is 19.4 Å². The van der Waals surface area contributed by atoms with Gasteiger partial charge >= 0.3 is 0 Å². The van der Waals surface area contributed by atoms with E-state index in [4.69, 9.17) is 5.11 Å². The summed E-state index contributed by atoms with van der Waals surface area (Å²) in [5.74, 6) is 0. The van der Waals surface area contributed by atoms with Crippen LogP contribution >= 0.6 is 0 Å². The number of aliphatic hydroxyl groups excluding tert-OH is 1. The third-order valence-electron chi connectivity index (χ3n) is 3.95. The van der Waals surface area contributed by atoms with Gasteiger partial charge in [0.2, 0.25) is 0 Å². The lowest BCUT2D eigenvalue weighted by Crippen LogP contribution is -2.40. The minimum absolute atomic E-state index is 0.124. The van der Waals surface area contributed by atoms with E-state index in [0.29, 0.717) is 6.54 Å². The fraction of sp³-hybridized carbons (Fsp3) is 0.353. The summed E-state index contributed by atoms with van der Waals surface area (Å²) in [6, 6.07) is 12.5. The summed E-state index contributed by atoms with van der Waals surface area (Å²) >= 11 is 0. The number of hydrogen-bond acceptors (Lipinski definition) is 3. The molecule has 0 saturated carbocycles. The smallest absolute Gasteiger partial charge is 0.0558 e. The lowest BCUT2D eigenvalue weighted by atomic mass is 9.90. The summed E-state index contributed by atoms with van der Waals surface area (Å²) in [6.45, 7) is 5.17. The first-order chi connectivity index (χ1) is 9.55. The van der Waals surface area contributed by atoms with Gasteiger partial charge in [0.1, 0.15) is 0 Å². The third kappa shape index (κ3) is 3.06. The summed E-state index contributed by atoms with van der Waals surface area (Å²) in [7, 11) is 2.03. The molecular formula is C17H22N2O. The maximum absolute atomic E-state index is 9.13. The largest absolute Gasteiger partial charge is 0.395 e. The van der Waals surface area contributed by atoms with E-state index in [-0.39, 0.29) is 12.1 Å². The van der Waals surface area contributed by atoms with Crippen LogP contribution in [-0.4, -0.2) is 35.2 Å². The molecule has 1 aromatic heterocycles. The Bertz CT molecular complexity index is 552. The summed E-state index contributed by atoms with van der Waals surface area (Å²) in [6.07, 6.45) is 3.66. The molecule has 0 bridgehead atoms. The highest BCUT2D eigenvalue weighted by atomic mass is 16.3. The SMILES string of the molecule is CN(CCO)C(C)(C)c1cccc(-c2cccnc2)c1. The van der Waals surface area contributed by atoms with Crippen LogP contribution in [0.2, 0.25) is 0 Å². The first kappa shape index (κ1) is 14.7. The molecule has 1 N–H and O–H groups in total. The van der Waals surface area contributed by atoms with Crippen LogP contribution in [-0.2, 0) is 5.54 Å². The number of likely N-dealkylation sites (N-methyl/N-ethyl adjacent to an activating group) is 1. The van der Waals surface area contributed by atoms with E-state index in [1.165, 1.54) is 11.1 Å². The van der Waals surface area contributed by atoms with Crippen LogP contribution in [0.25, 0.3) is 11.1 Å². The molecule has 1 aromatic carbocycles. The Morgan fingerprint density at radius 3 is 2.55 bits per heavy atom. The van der Waals surface area contributed by atoms with Crippen molar-refractivity contribution in [2.45, 2.75) is 19.4 Å². The van der Waals surface area contributed by atoms with Crippen LogP contribution in [0.3, 0.4) is 0 Å². The fourth-order valence-electron chi connectivity index (χ4n) is 2.26. The predicted molar refractivity (Wildman–Crippen MR) is 82.4 cm³/mol. The van der Waals surface area contributed by atoms with Crippen molar-refractivity contribution in [3.05, 3.63) is 54.4 Å². The third-order valence-corrected chi connectivity index (χ3v) is 3.95. The molecule has 0 amide bonds. The van der Waals surface area contributed by atoms with Gasteiger partial charge in [-0.2, -0.15) is 0 Å². The van der Waals surface area contributed by atoms with Crippen molar-refractivity contribution in [3.8, 4) is 11.1 Å². The molecule has 0 aliphatic rings. The molecule has 0 spiro atoms. The fourth-order valence-corrected chi connectivity index (χ4v) is 2.26. The molecule has 20 heavy (non-hydrogen) atoms. The predicted octanol–water partition coefficient (Wildman–Crippen LogP) is 2.91. The molecule has 106 valence electrons. The first-order valence-electron chi connectivity index (χ1n) is 6.89. The van der Waals surface area contributed by atoms with Crippen LogP contribution in [0.15, 0.2) is 48.8 Å². The monoisotopic (exact) mass is 270 g/mol. The number of benzene rings is 1. The Kier molecular flexibility index (Phi) is 4.53. The Morgan fingerprint density at radius 2 is 1.90 bits per heavy atom. The van der Waals surface area contributed by atoms with E-state index >= 15 is 0 Å². The highest BCUT2D eigenvalue weighted by Gasteiger charge is 2.25. The van der Waals surface area contributed by atoms with E-state index in [1.54, 1.807) is 6.20 Å². The second-order valence-corrected chi connectivity index (χ2v) is 5.53. The van der Waals surface area contributed by atoms with Crippen molar-refractivity contribution in [1.29, 1.82) is 0 Å². The Hall–Kier alpha value is -1.71. The van der Waals surface area contributed by atoms with Crippen molar-refractivity contribution in [2.24, 2.45) is 0 Å². The maximum atomic E-state index is 9.13. The second-order valence-electron chi connectivity index (χ2n) is 5.53. The highest BCUT2D eigenvalue weighted by Crippen LogP contribution is 2.29. The normalized spacial score (nSPS) is 11.8. The lowest BCUT2D eigenvalue weighted by Gasteiger charge is -2.36. The van der Waals surface area contributed by atoms with Gasteiger partial charge in [-0.15, -0.1) is 0 Å². The zero-order chi connectivity index (χ0) is 14.6. The van der Waals surface area contributed by atoms with E-state index < -0.39 is 0 Å². The number of aromatic nitrogens is 1. The average Bonchev–Trinajstić information content (AvgIpc) is 2.48. The van der Waals surface area contributed by atoms with Gasteiger partial charge in [-0.05, 0) is 49.7 Å². The summed E-state index contributed by atoms with van der Waals surface area (Å²) in [4.78, 5) is 6.34. The molecule has 2 rings (SSSR count). The van der Waals surface area contributed by atoms with Gasteiger partial charge in [-0.1, -0.05) is 24.3 Å². The molecule has 0 fully saturated rings. The van der Waals surface area contributed by atoms with Crippen molar-refractivity contribution >= 4 is 0 Å². The molecule has 3 heteroatoms. The quantitative estimate of drug-likeness (QED) is 0.907. The number of pyridine rings is 1. The summed E-state index contributed by atoms with van der Waals surface area (Å²) < 4.78 is 0. The number of hydrogen-bond donors (Lipinski definition) is 1. The zero-order valence-corrected chi connectivity index (χ0v) is 12.4. The van der Waals surface area contributed by atoms with Crippen LogP contribution in [0.5, 0.6) is 0 Å². The highest BCUT2D eigenvalue weighted by molar-refractivity contribution is 5.63. The van der Waals surface area contributed by atoms with Crippen molar-refractivity contribution in [1.82, 2.24) is 9.88 Å². The lowest BCUT2D eigenvalue weighted by molar-refractivity contribution is 0.122. The van der Waals surface area contributed by atoms with Crippen LogP contribution in [0.4, 0.5) is 0 Å². The van der Waals surface area contributed by atoms with Gasteiger partial charge < -0.3 is 5.11 Å². The minimum atomic E-state index is -0.124. The van der Waals surface area contributed by atoms with Gasteiger partial charge in [-0.25, -0.2) is 0 Å². The number of rotatable bonds is 5. The van der Waals surface area contributed by atoms with Crippen molar-refractivity contribution in [2.75, 3.05) is 20.2 Å².